The van der Waals surface area contributed by atoms with Crippen molar-refractivity contribution in [3.05, 3.63) is 23.8 Å². The van der Waals surface area contributed by atoms with Gasteiger partial charge in [0, 0.05) is 11.3 Å². The molecular weight excluding hydrogens is 238 g/mol. The minimum atomic E-state index is 0.0837. The summed E-state index contributed by atoms with van der Waals surface area (Å²) in [7, 11) is 0. The molecule has 1 atom stereocenters. The molecule has 5 nitrogen and oxygen atoms in total. The number of anilines is 1. The summed E-state index contributed by atoms with van der Waals surface area (Å²) in [6.07, 6.45) is 0. The molecular formula is C14H21N5. The van der Waals surface area contributed by atoms with E-state index in [2.05, 4.69) is 43.2 Å². The highest BCUT2D eigenvalue weighted by Gasteiger charge is 2.25. The molecule has 2 N–H and O–H groups in total. The SMILES string of the molecule is Cc1ccc(-c2nnnn2C(C)C(C)(C)C)cc1N. The number of nitrogens with zero attached hydrogens (tertiary/aromatic N) is 4. The quantitative estimate of drug-likeness (QED) is 0.842. The van der Waals surface area contributed by atoms with Crippen LogP contribution in [-0.4, -0.2) is 20.2 Å². The van der Waals surface area contributed by atoms with Crippen LogP contribution in [-0.2, 0) is 0 Å². The Hall–Kier alpha value is -1.91. The highest BCUT2D eigenvalue weighted by molar-refractivity contribution is 5.63. The third-order valence-corrected chi connectivity index (χ3v) is 3.65. The summed E-state index contributed by atoms with van der Waals surface area (Å²) in [5.41, 5.74) is 8.81. The van der Waals surface area contributed by atoms with Gasteiger partial charge in [-0.05, 0) is 41.3 Å². The van der Waals surface area contributed by atoms with Crippen molar-refractivity contribution < 1.29 is 0 Å². The number of aryl methyl sites for hydroxylation is 1. The molecule has 1 heterocycles. The Morgan fingerprint density at radius 2 is 1.95 bits per heavy atom. The summed E-state index contributed by atoms with van der Waals surface area (Å²) in [4.78, 5) is 0. The highest BCUT2D eigenvalue weighted by atomic mass is 15.5. The second kappa shape index (κ2) is 4.64. The fraction of sp³-hybridized carbons (Fsp3) is 0.500. The van der Waals surface area contributed by atoms with Crippen LogP contribution in [0.5, 0.6) is 0 Å². The first kappa shape index (κ1) is 13.5. The number of hydrogen-bond donors (Lipinski definition) is 1. The van der Waals surface area contributed by atoms with Gasteiger partial charge in [0.15, 0.2) is 5.82 Å². The first-order chi connectivity index (χ1) is 8.80. The molecule has 1 unspecified atom stereocenters. The highest BCUT2D eigenvalue weighted by Crippen LogP contribution is 2.32. The Balaban J connectivity index is 2.47. The van der Waals surface area contributed by atoms with Crippen molar-refractivity contribution >= 4 is 5.69 Å². The van der Waals surface area contributed by atoms with Gasteiger partial charge in [0.1, 0.15) is 0 Å². The van der Waals surface area contributed by atoms with E-state index < -0.39 is 0 Å². The van der Waals surface area contributed by atoms with Crippen molar-refractivity contribution in [3.63, 3.8) is 0 Å². The molecule has 0 saturated carbocycles. The van der Waals surface area contributed by atoms with Crippen molar-refractivity contribution in [2.24, 2.45) is 5.41 Å². The smallest absolute Gasteiger partial charge is 0.182 e. The molecule has 0 aliphatic heterocycles. The van der Waals surface area contributed by atoms with E-state index in [0.29, 0.717) is 0 Å². The molecule has 0 radical (unpaired) electrons. The summed E-state index contributed by atoms with van der Waals surface area (Å²) in [6.45, 7) is 10.6. The van der Waals surface area contributed by atoms with E-state index in [1.807, 2.05) is 29.8 Å². The third kappa shape index (κ3) is 2.59. The zero-order valence-corrected chi connectivity index (χ0v) is 12.2. The van der Waals surface area contributed by atoms with Crippen LogP contribution in [0, 0.1) is 12.3 Å². The molecule has 0 bridgehead atoms. The Kier molecular flexibility index (Phi) is 3.30. The van der Waals surface area contributed by atoms with Crippen LogP contribution in [0.3, 0.4) is 0 Å². The Labute approximate surface area is 113 Å². The van der Waals surface area contributed by atoms with E-state index in [9.17, 15) is 0 Å². The number of benzene rings is 1. The topological polar surface area (TPSA) is 69.6 Å². The number of hydrogen-bond acceptors (Lipinski definition) is 4. The molecule has 19 heavy (non-hydrogen) atoms. The zero-order valence-electron chi connectivity index (χ0n) is 12.2. The van der Waals surface area contributed by atoms with E-state index in [1.165, 1.54) is 0 Å². The lowest BCUT2D eigenvalue weighted by Crippen LogP contribution is -2.23. The number of nitrogen functional groups attached to an aromatic ring is 1. The molecule has 0 amide bonds. The number of rotatable bonds is 2. The molecule has 0 spiro atoms. The minimum Gasteiger partial charge on any atom is -0.398 e. The van der Waals surface area contributed by atoms with E-state index in [1.54, 1.807) is 0 Å². The molecule has 2 aromatic rings. The lowest BCUT2D eigenvalue weighted by atomic mass is 9.88. The van der Waals surface area contributed by atoms with Crippen LogP contribution in [0.2, 0.25) is 0 Å². The fourth-order valence-corrected chi connectivity index (χ4v) is 1.79. The number of tetrazole rings is 1. The molecule has 1 aromatic heterocycles. The molecule has 2 rings (SSSR count). The second-order valence-corrected chi connectivity index (χ2v) is 6.06. The first-order valence-electron chi connectivity index (χ1n) is 6.45. The van der Waals surface area contributed by atoms with Crippen molar-refractivity contribution in [2.45, 2.75) is 40.7 Å². The summed E-state index contributed by atoms with van der Waals surface area (Å²) < 4.78 is 1.87. The van der Waals surface area contributed by atoms with Crippen LogP contribution in [0.15, 0.2) is 18.2 Å². The Morgan fingerprint density at radius 1 is 1.26 bits per heavy atom. The van der Waals surface area contributed by atoms with Gasteiger partial charge >= 0.3 is 0 Å². The van der Waals surface area contributed by atoms with Crippen molar-refractivity contribution in [1.29, 1.82) is 0 Å². The van der Waals surface area contributed by atoms with Gasteiger partial charge in [0.05, 0.1) is 6.04 Å². The van der Waals surface area contributed by atoms with Gasteiger partial charge in [-0.3, -0.25) is 0 Å². The van der Waals surface area contributed by atoms with Crippen molar-refractivity contribution in [1.82, 2.24) is 20.2 Å². The predicted molar refractivity (Wildman–Crippen MR) is 76.6 cm³/mol. The van der Waals surface area contributed by atoms with E-state index in [-0.39, 0.29) is 11.5 Å². The van der Waals surface area contributed by atoms with E-state index in [4.69, 9.17) is 5.73 Å². The maximum absolute atomic E-state index is 5.96. The monoisotopic (exact) mass is 259 g/mol. The van der Waals surface area contributed by atoms with Crippen molar-refractivity contribution in [2.75, 3.05) is 5.73 Å². The van der Waals surface area contributed by atoms with E-state index >= 15 is 0 Å². The third-order valence-electron chi connectivity index (χ3n) is 3.65. The number of nitrogens with two attached hydrogens (primary N) is 1. The second-order valence-electron chi connectivity index (χ2n) is 6.06. The van der Waals surface area contributed by atoms with Crippen LogP contribution in [0.1, 0.15) is 39.3 Å². The zero-order chi connectivity index (χ0) is 14.2. The number of aromatic nitrogens is 4. The standard InChI is InChI=1S/C14H21N5/c1-9-6-7-11(8-12(9)15)13-16-17-18-19(13)10(2)14(3,4)5/h6-8,10H,15H2,1-5H3. The van der Waals surface area contributed by atoms with Crippen LogP contribution < -0.4 is 5.73 Å². The molecule has 0 fully saturated rings. The molecule has 0 aliphatic carbocycles. The molecule has 0 saturated heterocycles. The maximum Gasteiger partial charge on any atom is 0.182 e. The van der Waals surface area contributed by atoms with Gasteiger partial charge in [-0.1, -0.05) is 32.9 Å². The lowest BCUT2D eigenvalue weighted by Gasteiger charge is -2.27. The summed E-state index contributed by atoms with van der Waals surface area (Å²) in [5.74, 6) is 0.758. The largest absolute Gasteiger partial charge is 0.398 e. The van der Waals surface area contributed by atoms with Gasteiger partial charge in [-0.2, -0.15) is 0 Å². The van der Waals surface area contributed by atoms with Crippen molar-refractivity contribution in [3.8, 4) is 11.4 Å². The Bertz CT molecular complexity index is 580. The molecule has 102 valence electrons. The van der Waals surface area contributed by atoms with E-state index in [0.717, 1.165) is 22.6 Å². The minimum absolute atomic E-state index is 0.0837. The van der Waals surface area contributed by atoms with Crippen LogP contribution >= 0.6 is 0 Å². The Morgan fingerprint density at radius 3 is 2.53 bits per heavy atom. The lowest BCUT2D eigenvalue weighted by molar-refractivity contribution is 0.243. The summed E-state index contributed by atoms with van der Waals surface area (Å²) in [5, 5.41) is 12.1. The van der Waals surface area contributed by atoms with Gasteiger partial charge < -0.3 is 5.73 Å². The average molecular weight is 259 g/mol. The molecule has 1 aromatic carbocycles. The average Bonchev–Trinajstić information content (AvgIpc) is 2.79. The van der Waals surface area contributed by atoms with Crippen LogP contribution in [0.4, 0.5) is 5.69 Å². The first-order valence-corrected chi connectivity index (χ1v) is 6.45. The van der Waals surface area contributed by atoms with Gasteiger partial charge in [-0.15, -0.1) is 5.10 Å². The predicted octanol–water partition coefficient (Wildman–Crippen LogP) is 2.84. The van der Waals surface area contributed by atoms with Gasteiger partial charge in [-0.25, -0.2) is 4.68 Å². The fourth-order valence-electron chi connectivity index (χ4n) is 1.79. The van der Waals surface area contributed by atoms with Gasteiger partial charge in [0.25, 0.3) is 0 Å². The van der Waals surface area contributed by atoms with Gasteiger partial charge in [0.2, 0.25) is 0 Å². The molecule has 0 aliphatic rings. The summed E-state index contributed by atoms with van der Waals surface area (Å²) >= 11 is 0. The summed E-state index contributed by atoms with van der Waals surface area (Å²) in [6, 6.07) is 6.11. The van der Waals surface area contributed by atoms with Crippen LogP contribution in [0.25, 0.3) is 11.4 Å². The molecule has 5 heteroatoms. The normalized spacial score (nSPS) is 13.5. The maximum atomic E-state index is 5.96.